The van der Waals surface area contributed by atoms with Crippen LogP contribution in [-0.4, -0.2) is 29.9 Å². The van der Waals surface area contributed by atoms with Crippen LogP contribution in [0.4, 0.5) is 0 Å². The van der Waals surface area contributed by atoms with Crippen molar-refractivity contribution in [1.82, 2.24) is 9.88 Å². The Balaban J connectivity index is 1.89. The fourth-order valence-electron chi connectivity index (χ4n) is 1.93. The van der Waals surface area contributed by atoms with Crippen LogP contribution in [0.2, 0.25) is 5.02 Å². The number of carbonyl (C=O) groups excluding carboxylic acids is 1. The Bertz CT molecular complexity index is 807. The molecule has 0 fully saturated rings. The van der Waals surface area contributed by atoms with Crippen LogP contribution in [0.1, 0.15) is 5.01 Å². The van der Waals surface area contributed by atoms with Gasteiger partial charge in [-0.1, -0.05) is 11.6 Å². The van der Waals surface area contributed by atoms with E-state index in [0.29, 0.717) is 17.2 Å². The van der Waals surface area contributed by atoms with Crippen molar-refractivity contribution in [2.24, 2.45) is 0 Å². The highest BCUT2D eigenvalue weighted by atomic mass is 35.5. The predicted molar refractivity (Wildman–Crippen MR) is 84.7 cm³/mol. The number of benzene rings is 1. The molecule has 0 N–H and O–H groups in total. The number of carbonyl (C=O) groups is 1. The van der Waals surface area contributed by atoms with E-state index in [1.807, 2.05) is 23.6 Å². The maximum atomic E-state index is 11.7. The number of hydrogen-bond acceptors (Lipinski definition) is 4. The zero-order valence-electron chi connectivity index (χ0n) is 11.6. The highest BCUT2D eigenvalue weighted by Crippen LogP contribution is 2.30. The molecule has 3 aromatic rings. The van der Waals surface area contributed by atoms with Gasteiger partial charge in [0.15, 0.2) is 5.76 Å². The summed E-state index contributed by atoms with van der Waals surface area (Å²) in [7, 11) is 3.47. The first kappa shape index (κ1) is 14.1. The summed E-state index contributed by atoms with van der Waals surface area (Å²) < 4.78 is 5.77. The van der Waals surface area contributed by atoms with Crippen LogP contribution < -0.4 is 0 Å². The Morgan fingerprint density at radius 2 is 2.19 bits per heavy atom. The molecule has 2 heterocycles. The molecule has 108 valence electrons. The van der Waals surface area contributed by atoms with Crippen LogP contribution >= 0.6 is 22.9 Å². The second-order valence-corrected chi connectivity index (χ2v) is 6.26. The molecule has 0 unspecified atom stereocenters. The maximum absolute atomic E-state index is 11.7. The summed E-state index contributed by atoms with van der Waals surface area (Å²) in [6.07, 6.45) is 0.309. The van der Waals surface area contributed by atoms with Gasteiger partial charge < -0.3 is 9.32 Å². The Morgan fingerprint density at radius 3 is 2.95 bits per heavy atom. The van der Waals surface area contributed by atoms with E-state index in [2.05, 4.69) is 4.98 Å². The van der Waals surface area contributed by atoms with E-state index in [0.717, 1.165) is 21.7 Å². The zero-order valence-corrected chi connectivity index (χ0v) is 13.2. The minimum Gasteiger partial charge on any atom is -0.454 e. The van der Waals surface area contributed by atoms with Crippen LogP contribution in [0.5, 0.6) is 0 Å². The molecule has 0 bridgehead atoms. The Kier molecular flexibility index (Phi) is 3.69. The van der Waals surface area contributed by atoms with Gasteiger partial charge in [-0.2, -0.15) is 0 Å². The molecule has 6 heteroatoms. The fraction of sp³-hybridized carbons (Fsp3) is 0.200. The maximum Gasteiger partial charge on any atom is 0.228 e. The summed E-state index contributed by atoms with van der Waals surface area (Å²) in [5.74, 6) is 0.722. The minimum atomic E-state index is 0.0345. The van der Waals surface area contributed by atoms with Gasteiger partial charge in [0.2, 0.25) is 5.91 Å². The smallest absolute Gasteiger partial charge is 0.228 e. The van der Waals surface area contributed by atoms with E-state index >= 15 is 0 Å². The second kappa shape index (κ2) is 5.50. The minimum absolute atomic E-state index is 0.0345. The van der Waals surface area contributed by atoms with Crippen molar-refractivity contribution in [2.45, 2.75) is 6.42 Å². The molecule has 1 aromatic carbocycles. The molecule has 0 saturated carbocycles. The standard InChI is InChI=1S/C15H13ClN2O2S/c1-18(2)15(19)7-14-17-11(8-21-14)13-6-9-5-10(16)3-4-12(9)20-13/h3-6,8H,7H2,1-2H3. The lowest BCUT2D eigenvalue weighted by atomic mass is 10.2. The molecule has 0 saturated heterocycles. The molecule has 21 heavy (non-hydrogen) atoms. The van der Waals surface area contributed by atoms with E-state index in [1.165, 1.54) is 11.3 Å². The topological polar surface area (TPSA) is 46.3 Å². The third-order valence-electron chi connectivity index (χ3n) is 3.08. The third-order valence-corrected chi connectivity index (χ3v) is 4.17. The molecule has 4 nitrogen and oxygen atoms in total. The van der Waals surface area contributed by atoms with Crippen molar-refractivity contribution in [3.63, 3.8) is 0 Å². The van der Waals surface area contributed by atoms with E-state index in [9.17, 15) is 4.79 Å². The van der Waals surface area contributed by atoms with E-state index < -0.39 is 0 Å². The Hall–Kier alpha value is -1.85. The Labute approximate surface area is 131 Å². The lowest BCUT2D eigenvalue weighted by Gasteiger charge is -2.07. The molecule has 2 aromatic heterocycles. The number of likely N-dealkylation sites (N-methyl/N-ethyl adjacent to an activating group) is 1. The van der Waals surface area contributed by atoms with Crippen LogP contribution in [-0.2, 0) is 11.2 Å². The second-order valence-electron chi connectivity index (χ2n) is 4.88. The molecule has 0 radical (unpaired) electrons. The molecule has 0 aliphatic rings. The molecule has 3 rings (SSSR count). The predicted octanol–water partition coefficient (Wildman–Crippen LogP) is 3.84. The van der Waals surface area contributed by atoms with Gasteiger partial charge >= 0.3 is 0 Å². The largest absolute Gasteiger partial charge is 0.454 e. The van der Waals surface area contributed by atoms with Crippen LogP contribution in [0.3, 0.4) is 0 Å². The summed E-state index contributed by atoms with van der Waals surface area (Å²) in [6.45, 7) is 0. The molecule has 1 amide bonds. The van der Waals surface area contributed by atoms with Crippen molar-refractivity contribution in [1.29, 1.82) is 0 Å². The van der Waals surface area contributed by atoms with Crippen LogP contribution in [0.15, 0.2) is 34.1 Å². The van der Waals surface area contributed by atoms with Gasteiger partial charge in [-0.05, 0) is 24.3 Å². The SMILES string of the molecule is CN(C)C(=O)Cc1nc(-c2cc3cc(Cl)ccc3o2)cs1. The average Bonchev–Trinajstić information content (AvgIpc) is 3.04. The number of thiazole rings is 1. The molecular weight excluding hydrogens is 308 g/mol. The fourth-order valence-corrected chi connectivity index (χ4v) is 2.89. The van der Waals surface area contributed by atoms with Crippen molar-refractivity contribution in [2.75, 3.05) is 14.1 Å². The molecule has 0 spiro atoms. The molecular formula is C15H13ClN2O2S. The van der Waals surface area contributed by atoms with E-state index in [-0.39, 0.29) is 5.91 Å². The quantitative estimate of drug-likeness (QED) is 0.736. The number of halogens is 1. The number of fused-ring (bicyclic) bond motifs is 1. The first-order valence-electron chi connectivity index (χ1n) is 6.37. The highest BCUT2D eigenvalue weighted by Gasteiger charge is 2.13. The summed E-state index contributed by atoms with van der Waals surface area (Å²) >= 11 is 7.43. The number of aromatic nitrogens is 1. The van der Waals surface area contributed by atoms with Crippen LogP contribution in [0.25, 0.3) is 22.4 Å². The monoisotopic (exact) mass is 320 g/mol. The van der Waals surface area contributed by atoms with Gasteiger partial charge in [0, 0.05) is 29.9 Å². The number of rotatable bonds is 3. The van der Waals surface area contributed by atoms with Gasteiger partial charge in [0.1, 0.15) is 16.3 Å². The normalized spacial score (nSPS) is 11.0. The average molecular weight is 321 g/mol. The van der Waals surface area contributed by atoms with Gasteiger partial charge in [-0.15, -0.1) is 11.3 Å². The van der Waals surface area contributed by atoms with Gasteiger partial charge in [-0.25, -0.2) is 4.98 Å². The van der Waals surface area contributed by atoms with Crippen molar-refractivity contribution < 1.29 is 9.21 Å². The summed E-state index contributed by atoms with van der Waals surface area (Å²) in [5.41, 5.74) is 1.52. The van der Waals surface area contributed by atoms with Gasteiger partial charge in [-0.3, -0.25) is 4.79 Å². The van der Waals surface area contributed by atoms with Gasteiger partial charge in [0.05, 0.1) is 6.42 Å². The number of nitrogens with zero attached hydrogens (tertiary/aromatic N) is 2. The lowest BCUT2D eigenvalue weighted by molar-refractivity contribution is -0.127. The van der Waals surface area contributed by atoms with E-state index in [4.69, 9.17) is 16.0 Å². The van der Waals surface area contributed by atoms with Gasteiger partial charge in [0.25, 0.3) is 0 Å². The van der Waals surface area contributed by atoms with Crippen molar-refractivity contribution in [3.8, 4) is 11.5 Å². The first-order valence-corrected chi connectivity index (χ1v) is 7.63. The molecule has 0 aliphatic carbocycles. The zero-order chi connectivity index (χ0) is 15.0. The summed E-state index contributed by atoms with van der Waals surface area (Å²) in [6, 6.07) is 7.39. The van der Waals surface area contributed by atoms with Crippen LogP contribution in [0, 0.1) is 0 Å². The summed E-state index contributed by atoms with van der Waals surface area (Å²) in [4.78, 5) is 17.7. The first-order chi connectivity index (χ1) is 10.0. The van der Waals surface area contributed by atoms with Crippen molar-refractivity contribution >= 4 is 39.8 Å². The molecule has 0 aliphatic heterocycles. The van der Waals surface area contributed by atoms with Crippen molar-refractivity contribution in [3.05, 3.63) is 39.7 Å². The number of hydrogen-bond donors (Lipinski definition) is 0. The molecule has 0 atom stereocenters. The van der Waals surface area contributed by atoms with E-state index in [1.54, 1.807) is 25.1 Å². The Morgan fingerprint density at radius 1 is 1.38 bits per heavy atom. The summed E-state index contributed by atoms with van der Waals surface area (Å²) in [5, 5.41) is 4.29. The number of amides is 1. The lowest BCUT2D eigenvalue weighted by Crippen LogP contribution is -2.23. The number of furan rings is 1. The highest BCUT2D eigenvalue weighted by molar-refractivity contribution is 7.10. The third kappa shape index (κ3) is 2.94.